The molecule has 0 aliphatic heterocycles. The van der Waals surface area contributed by atoms with Crippen LogP contribution in [-0.4, -0.2) is 79.7 Å². The van der Waals surface area contributed by atoms with Crippen molar-refractivity contribution in [2.45, 2.75) is 37.6 Å². The second-order valence-electron chi connectivity index (χ2n) is 4.48. The van der Waals surface area contributed by atoms with Crippen molar-refractivity contribution in [2.75, 3.05) is 0 Å². The second kappa shape index (κ2) is 10.1. The summed E-state index contributed by atoms with van der Waals surface area (Å²) in [4.78, 5) is 65.3. The van der Waals surface area contributed by atoms with E-state index in [9.17, 15) is 33.9 Å². The summed E-state index contributed by atoms with van der Waals surface area (Å²) in [6.45, 7) is 0. The van der Waals surface area contributed by atoms with E-state index in [1.807, 2.05) is 0 Å². The molecule has 0 aromatic heterocycles. The molecule has 0 saturated carbocycles. The van der Waals surface area contributed by atoms with Crippen molar-refractivity contribution in [1.29, 1.82) is 0 Å². The Hall–Kier alpha value is -2.90. The van der Waals surface area contributed by atoms with E-state index in [0.29, 0.717) is 0 Å². The molecule has 13 nitrogen and oxygen atoms in total. The molecular formula is C12H14O13. The number of hydrogen-bond donors (Lipinski definition) is 5. The number of esters is 4. The second-order valence-corrected chi connectivity index (χ2v) is 4.48. The third-order valence-electron chi connectivity index (χ3n) is 2.33. The Morgan fingerprint density at radius 3 is 1.28 bits per heavy atom. The summed E-state index contributed by atoms with van der Waals surface area (Å²) in [5.74, 6) is -9.73. The van der Waals surface area contributed by atoms with Crippen LogP contribution in [-0.2, 0) is 38.2 Å². The van der Waals surface area contributed by atoms with Gasteiger partial charge in [0.25, 0.3) is 0 Å². The predicted molar refractivity (Wildman–Crippen MR) is 69.3 cm³/mol. The molecule has 5 N–H and O–H groups in total. The summed E-state index contributed by atoms with van der Waals surface area (Å²) < 4.78 is 7.89. The van der Waals surface area contributed by atoms with Gasteiger partial charge in [-0.3, -0.25) is 14.4 Å². The first kappa shape index (κ1) is 22.1. The molecule has 0 aliphatic rings. The summed E-state index contributed by atoms with van der Waals surface area (Å²) in [5, 5.41) is 44.1. The van der Waals surface area contributed by atoms with E-state index >= 15 is 0 Å². The van der Waals surface area contributed by atoms with Crippen molar-refractivity contribution in [3.05, 3.63) is 0 Å². The van der Waals surface area contributed by atoms with Gasteiger partial charge >= 0.3 is 35.8 Å². The highest BCUT2D eigenvalue weighted by molar-refractivity contribution is 5.95. The molecular weight excluding hydrogens is 352 g/mol. The zero-order valence-corrected chi connectivity index (χ0v) is 12.4. The maximum absolute atomic E-state index is 11.3. The van der Waals surface area contributed by atoms with Crippen LogP contribution in [0.15, 0.2) is 0 Å². The minimum Gasteiger partial charge on any atom is -0.481 e. The topological polar surface area (TPSA) is 222 Å². The molecule has 0 saturated heterocycles. The van der Waals surface area contributed by atoms with E-state index in [2.05, 4.69) is 9.47 Å². The van der Waals surface area contributed by atoms with E-state index in [-0.39, 0.29) is 0 Å². The smallest absolute Gasteiger partial charge is 0.343 e. The van der Waals surface area contributed by atoms with Crippen LogP contribution in [0, 0.1) is 0 Å². The summed E-state index contributed by atoms with van der Waals surface area (Å²) in [6, 6.07) is 0. The molecule has 25 heavy (non-hydrogen) atoms. The fraction of sp³-hybridized carbons (Fsp3) is 0.500. The fourth-order valence-corrected chi connectivity index (χ4v) is 1.20. The number of rotatable bonds is 9. The van der Waals surface area contributed by atoms with Crippen LogP contribution in [0.2, 0.25) is 0 Å². The predicted octanol–water partition coefficient (Wildman–Crippen LogP) is -3.45. The molecule has 13 heteroatoms. The van der Waals surface area contributed by atoms with Crippen molar-refractivity contribution in [2.24, 2.45) is 0 Å². The number of carbonyl (C=O) groups excluding carboxylic acids is 4. The Morgan fingerprint density at radius 1 is 0.600 bits per heavy atom. The Balaban J connectivity index is 4.45. The molecule has 0 fully saturated rings. The molecule has 0 rings (SSSR count). The van der Waals surface area contributed by atoms with Gasteiger partial charge in [-0.25, -0.2) is 14.4 Å². The number of hydrogen-bond acceptors (Lipinski definition) is 11. The van der Waals surface area contributed by atoms with Gasteiger partial charge in [0.1, 0.15) is 0 Å². The van der Waals surface area contributed by atoms with Gasteiger partial charge in [0, 0.05) is 0 Å². The first-order chi connectivity index (χ1) is 11.4. The van der Waals surface area contributed by atoms with Crippen molar-refractivity contribution in [1.82, 2.24) is 0 Å². The van der Waals surface area contributed by atoms with Gasteiger partial charge in [0.05, 0.1) is 19.3 Å². The standard InChI is InChI=1S/C12H14O13/c13-4(1-7(16)17)10(21)24-9(20)3-6(15)12(23)25-11(22)5(14)2-8(18)19/h4-6,13-15H,1-3H2,(H,16,17)(H,18,19)/t4-,5-,6?/m0/s1. The van der Waals surface area contributed by atoms with Gasteiger partial charge < -0.3 is 35.0 Å². The molecule has 0 amide bonds. The zero-order chi connectivity index (χ0) is 19.7. The zero-order valence-electron chi connectivity index (χ0n) is 12.4. The van der Waals surface area contributed by atoms with Crippen LogP contribution < -0.4 is 0 Å². The lowest BCUT2D eigenvalue weighted by Crippen LogP contribution is -2.35. The van der Waals surface area contributed by atoms with Crippen molar-refractivity contribution in [3.63, 3.8) is 0 Å². The lowest BCUT2D eigenvalue weighted by Gasteiger charge is -2.11. The van der Waals surface area contributed by atoms with Gasteiger partial charge in [-0.1, -0.05) is 0 Å². The third-order valence-corrected chi connectivity index (χ3v) is 2.33. The van der Waals surface area contributed by atoms with Crippen molar-refractivity contribution in [3.8, 4) is 0 Å². The minimum absolute atomic E-state index is 1.05. The van der Waals surface area contributed by atoms with E-state index in [0.717, 1.165) is 0 Å². The molecule has 0 heterocycles. The van der Waals surface area contributed by atoms with Crippen LogP contribution in [0.4, 0.5) is 0 Å². The summed E-state index contributed by atoms with van der Waals surface area (Å²) in [7, 11) is 0. The van der Waals surface area contributed by atoms with Gasteiger partial charge in [-0.05, 0) is 0 Å². The molecule has 140 valence electrons. The number of aliphatic hydroxyl groups is 3. The SMILES string of the molecule is O=C(O)C[C@H](O)C(=O)OC(=O)CC(O)C(=O)OC(=O)[C@@H](O)CC(=O)O. The fourth-order valence-electron chi connectivity index (χ4n) is 1.20. The van der Waals surface area contributed by atoms with Crippen LogP contribution >= 0.6 is 0 Å². The molecule has 0 aromatic carbocycles. The summed E-state index contributed by atoms with van der Waals surface area (Å²) in [6.07, 6.45) is -9.97. The van der Waals surface area contributed by atoms with Crippen LogP contribution in [0.1, 0.15) is 19.3 Å². The minimum atomic E-state index is -2.31. The Kier molecular flexibility index (Phi) is 8.90. The molecule has 0 spiro atoms. The summed E-state index contributed by atoms with van der Waals surface area (Å²) >= 11 is 0. The van der Waals surface area contributed by atoms with Crippen molar-refractivity contribution < 1.29 is 63.8 Å². The van der Waals surface area contributed by atoms with Crippen LogP contribution in [0.5, 0.6) is 0 Å². The van der Waals surface area contributed by atoms with E-state index < -0.39 is 73.4 Å². The lowest BCUT2D eigenvalue weighted by atomic mass is 10.2. The molecule has 0 aromatic rings. The monoisotopic (exact) mass is 366 g/mol. The highest BCUT2D eigenvalue weighted by Crippen LogP contribution is 2.04. The van der Waals surface area contributed by atoms with Crippen molar-refractivity contribution >= 4 is 35.8 Å². The van der Waals surface area contributed by atoms with Crippen LogP contribution in [0.25, 0.3) is 0 Å². The first-order valence-corrected chi connectivity index (χ1v) is 6.41. The number of carboxylic acids is 2. The maximum atomic E-state index is 11.3. The van der Waals surface area contributed by atoms with Crippen LogP contribution in [0.3, 0.4) is 0 Å². The van der Waals surface area contributed by atoms with E-state index in [4.69, 9.17) is 20.4 Å². The molecule has 0 radical (unpaired) electrons. The third kappa shape index (κ3) is 9.09. The number of ether oxygens (including phenoxy) is 2. The number of aliphatic hydroxyl groups excluding tert-OH is 3. The maximum Gasteiger partial charge on any atom is 0.343 e. The highest BCUT2D eigenvalue weighted by atomic mass is 16.6. The average Bonchev–Trinajstić information content (AvgIpc) is 2.45. The number of aliphatic carboxylic acids is 2. The van der Waals surface area contributed by atoms with E-state index in [1.54, 1.807) is 0 Å². The highest BCUT2D eigenvalue weighted by Gasteiger charge is 2.30. The average molecular weight is 366 g/mol. The first-order valence-electron chi connectivity index (χ1n) is 6.41. The molecule has 0 bridgehead atoms. The van der Waals surface area contributed by atoms with Gasteiger partial charge in [0.15, 0.2) is 18.3 Å². The Morgan fingerprint density at radius 2 is 0.920 bits per heavy atom. The number of carboxylic acid groups (broad SMARTS) is 2. The Labute approximate surface area is 138 Å². The molecule has 1 unspecified atom stereocenters. The number of carbonyl (C=O) groups is 6. The Bertz CT molecular complexity index is 565. The quantitative estimate of drug-likeness (QED) is 0.198. The van der Waals surface area contributed by atoms with Gasteiger partial charge in [0.2, 0.25) is 0 Å². The normalized spacial score (nSPS) is 13.9. The van der Waals surface area contributed by atoms with E-state index in [1.165, 1.54) is 0 Å². The molecule has 3 atom stereocenters. The molecule has 0 aliphatic carbocycles. The summed E-state index contributed by atoms with van der Waals surface area (Å²) in [5.41, 5.74) is 0. The largest absolute Gasteiger partial charge is 0.481 e. The lowest BCUT2D eigenvalue weighted by molar-refractivity contribution is -0.177. The van der Waals surface area contributed by atoms with Gasteiger partial charge in [-0.2, -0.15) is 0 Å². The van der Waals surface area contributed by atoms with Gasteiger partial charge in [-0.15, -0.1) is 0 Å².